The lowest BCUT2D eigenvalue weighted by Crippen LogP contribution is -2.11. The second-order valence-electron chi connectivity index (χ2n) is 10.3. The Balaban J connectivity index is 1.83. The fourth-order valence-electron chi connectivity index (χ4n) is 5.44. The van der Waals surface area contributed by atoms with Crippen LogP contribution in [-0.2, 0) is 0 Å². The molecule has 0 amide bonds. The molecule has 0 aliphatic heterocycles. The van der Waals surface area contributed by atoms with E-state index in [0.29, 0.717) is 11.8 Å². The summed E-state index contributed by atoms with van der Waals surface area (Å²) in [5.74, 6) is 1.72. The normalized spacial score (nSPS) is 12.7. The van der Waals surface area contributed by atoms with Crippen molar-refractivity contribution >= 4 is 27.4 Å². The lowest BCUT2D eigenvalue weighted by Gasteiger charge is -2.24. The van der Waals surface area contributed by atoms with Crippen molar-refractivity contribution in [2.24, 2.45) is 0 Å². The van der Waals surface area contributed by atoms with Gasteiger partial charge in [0.2, 0.25) is 0 Å². The Morgan fingerprint density at radius 3 is 1.95 bits per heavy atom. The van der Waals surface area contributed by atoms with Crippen LogP contribution in [0.2, 0.25) is 0 Å². The molecule has 188 valence electrons. The first-order chi connectivity index (χ1) is 18.0. The smallest absolute Gasteiger partial charge is 0.140 e. The van der Waals surface area contributed by atoms with Crippen LogP contribution in [0, 0.1) is 0 Å². The highest BCUT2D eigenvalue weighted by Crippen LogP contribution is 2.38. The second kappa shape index (κ2) is 10.3. The van der Waals surface area contributed by atoms with Crippen LogP contribution in [0.4, 0.5) is 0 Å². The summed E-state index contributed by atoms with van der Waals surface area (Å²) in [6.07, 6.45) is 11.4. The molecule has 0 radical (unpaired) electrons. The van der Waals surface area contributed by atoms with Crippen LogP contribution in [-0.4, -0.2) is 14.1 Å². The van der Waals surface area contributed by atoms with Crippen LogP contribution in [0.15, 0.2) is 91.3 Å². The molecule has 0 unspecified atom stereocenters. The number of rotatable bonds is 7. The van der Waals surface area contributed by atoms with Gasteiger partial charge in [-0.3, -0.25) is 4.57 Å². The van der Waals surface area contributed by atoms with E-state index in [1.54, 1.807) is 0 Å². The molecule has 0 aliphatic carbocycles. The van der Waals surface area contributed by atoms with Gasteiger partial charge in [0.05, 0.1) is 16.7 Å². The van der Waals surface area contributed by atoms with Gasteiger partial charge in [0.25, 0.3) is 0 Å². The number of imidazole rings is 1. The molecule has 0 saturated carbocycles. The van der Waals surface area contributed by atoms with Crippen LogP contribution in [0.5, 0.6) is 0 Å². The van der Waals surface area contributed by atoms with Gasteiger partial charge in [0.1, 0.15) is 5.82 Å². The van der Waals surface area contributed by atoms with E-state index < -0.39 is 0 Å². The van der Waals surface area contributed by atoms with Gasteiger partial charge in [0.15, 0.2) is 0 Å². The molecule has 5 rings (SSSR count). The molecule has 0 spiro atoms. The van der Waals surface area contributed by atoms with Crippen LogP contribution in [0.1, 0.15) is 76.8 Å². The largest absolute Gasteiger partial charge is 0.309 e. The number of hydrogen-bond acceptors (Lipinski definition) is 1. The number of hydrogen-bond donors (Lipinski definition) is 0. The Morgan fingerprint density at radius 1 is 0.865 bits per heavy atom. The molecular formula is C34H37N3. The second-order valence-corrected chi connectivity index (χ2v) is 10.3. The van der Waals surface area contributed by atoms with Crippen molar-refractivity contribution in [1.82, 2.24) is 14.1 Å². The molecule has 0 bridgehead atoms. The third kappa shape index (κ3) is 4.33. The Kier molecular flexibility index (Phi) is 6.88. The zero-order chi connectivity index (χ0) is 26.1. The molecule has 0 fully saturated rings. The quantitative estimate of drug-likeness (QED) is 0.210. The fraction of sp³-hybridized carbons (Fsp3) is 0.265. The first-order valence-electron chi connectivity index (χ1n) is 13.5. The number of fused-ring (bicyclic) bond motifs is 3. The molecule has 2 aromatic heterocycles. The van der Waals surface area contributed by atoms with Gasteiger partial charge >= 0.3 is 0 Å². The predicted molar refractivity (Wildman–Crippen MR) is 159 cm³/mol. The summed E-state index contributed by atoms with van der Waals surface area (Å²) in [6, 6.07) is 22.3. The van der Waals surface area contributed by atoms with Crippen molar-refractivity contribution < 1.29 is 0 Å². The topological polar surface area (TPSA) is 22.8 Å². The van der Waals surface area contributed by atoms with Crippen molar-refractivity contribution in [2.45, 2.75) is 59.8 Å². The number of allylic oxidation sites excluding steroid dienone is 4. The van der Waals surface area contributed by atoms with Crippen molar-refractivity contribution in [3.63, 3.8) is 0 Å². The minimum absolute atomic E-state index is 0.348. The molecule has 0 aliphatic rings. The van der Waals surface area contributed by atoms with E-state index in [9.17, 15) is 0 Å². The Bertz CT molecular complexity index is 1540. The zero-order valence-corrected chi connectivity index (χ0v) is 22.9. The van der Waals surface area contributed by atoms with Gasteiger partial charge in [-0.2, -0.15) is 0 Å². The molecule has 0 saturated heterocycles. The van der Waals surface area contributed by atoms with Crippen LogP contribution >= 0.6 is 0 Å². The molecule has 2 heterocycles. The molecule has 3 nitrogen and oxygen atoms in total. The average Bonchev–Trinajstić information content (AvgIpc) is 3.51. The Morgan fingerprint density at radius 2 is 1.43 bits per heavy atom. The summed E-state index contributed by atoms with van der Waals surface area (Å²) in [6.45, 7) is 13.4. The van der Waals surface area contributed by atoms with E-state index in [1.807, 2.05) is 6.20 Å². The van der Waals surface area contributed by atoms with Crippen molar-refractivity contribution in [3.8, 4) is 11.4 Å². The maximum Gasteiger partial charge on any atom is 0.140 e. The van der Waals surface area contributed by atoms with E-state index >= 15 is 0 Å². The lowest BCUT2D eigenvalue weighted by atomic mass is 9.91. The lowest BCUT2D eigenvalue weighted by molar-refractivity contribution is 0.798. The van der Waals surface area contributed by atoms with Crippen molar-refractivity contribution in [3.05, 3.63) is 108 Å². The SMILES string of the molecule is C/C=C\C=C(/CC)c1nccn1-c1c(C(C)C)cc(-n2c3ccccc3c3ccccc32)cc1C(C)C. The molecule has 0 N–H and O–H groups in total. The minimum Gasteiger partial charge on any atom is -0.309 e. The van der Waals surface area contributed by atoms with Crippen LogP contribution in [0.25, 0.3) is 38.8 Å². The first kappa shape index (κ1) is 24.8. The van der Waals surface area contributed by atoms with E-state index in [2.05, 4.69) is 136 Å². The molecule has 3 heteroatoms. The summed E-state index contributed by atoms with van der Waals surface area (Å²) in [5.41, 5.74) is 8.88. The van der Waals surface area contributed by atoms with Crippen molar-refractivity contribution in [2.75, 3.05) is 0 Å². The predicted octanol–water partition coefficient (Wildman–Crippen LogP) is 9.59. The molecule has 0 atom stereocenters. The molecule has 5 aromatic rings. The van der Waals surface area contributed by atoms with Gasteiger partial charge in [-0.1, -0.05) is 89.2 Å². The summed E-state index contributed by atoms with van der Waals surface area (Å²) in [5, 5.41) is 2.58. The van der Waals surface area contributed by atoms with Gasteiger partial charge in [-0.05, 0) is 66.1 Å². The molecule has 3 aromatic carbocycles. The minimum atomic E-state index is 0.348. The summed E-state index contributed by atoms with van der Waals surface area (Å²) >= 11 is 0. The highest BCUT2D eigenvalue weighted by molar-refractivity contribution is 6.09. The Hall–Kier alpha value is -3.85. The highest BCUT2D eigenvalue weighted by atomic mass is 15.1. The maximum absolute atomic E-state index is 4.83. The number of aromatic nitrogens is 3. The zero-order valence-electron chi connectivity index (χ0n) is 22.9. The van der Waals surface area contributed by atoms with Crippen molar-refractivity contribution in [1.29, 1.82) is 0 Å². The highest BCUT2D eigenvalue weighted by Gasteiger charge is 2.22. The van der Waals surface area contributed by atoms with Gasteiger partial charge in [-0.25, -0.2) is 4.98 Å². The number of benzene rings is 3. The molecule has 37 heavy (non-hydrogen) atoms. The Labute approximate surface area is 220 Å². The fourth-order valence-corrected chi connectivity index (χ4v) is 5.44. The number of nitrogens with zero attached hydrogens (tertiary/aromatic N) is 3. The van der Waals surface area contributed by atoms with E-state index in [-0.39, 0.29) is 0 Å². The summed E-state index contributed by atoms with van der Waals surface area (Å²) in [7, 11) is 0. The van der Waals surface area contributed by atoms with E-state index in [4.69, 9.17) is 4.98 Å². The first-order valence-corrected chi connectivity index (χ1v) is 13.5. The van der Waals surface area contributed by atoms with Gasteiger partial charge in [0, 0.05) is 28.9 Å². The number of para-hydroxylation sites is 2. The van der Waals surface area contributed by atoms with Gasteiger partial charge < -0.3 is 4.57 Å². The maximum atomic E-state index is 4.83. The average molecular weight is 488 g/mol. The summed E-state index contributed by atoms with van der Waals surface area (Å²) in [4.78, 5) is 4.83. The van der Waals surface area contributed by atoms with E-state index in [0.717, 1.165) is 12.2 Å². The van der Waals surface area contributed by atoms with Gasteiger partial charge in [-0.15, -0.1) is 0 Å². The standard InChI is InChI=1S/C34H37N3/c1-7-9-14-25(8-2)34-35-19-20-36(34)33-29(23(3)4)21-26(22-30(33)24(5)6)37-31-17-12-10-15-27(31)28-16-11-13-18-32(28)37/h7,9-24H,8H2,1-6H3/b9-7-,25-14+. The van der Waals surface area contributed by atoms with Crippen LogP contribution < -0.4 is 0 Å². The summed E-state index contributed by atoms with van der Waals surface area (Å²) < 4.78 is 4.75. The third-order valence-electron chi connectivity index (χ3n) is 7.28. The molecular weight excluding hydrogens is 450 g/mol. The van der Waals surface area contributed by atoms with Crippen LogP contribution in [0.3, 0.4) is 0 Å². The monoisotopic (exact) mass is 487 g/mol. The van der Waals surface area contributed by atoms with E-state index in [1.165, 1.54) is 49.9 Å². The third-order valence-corrected chi connectivity index (χ3v) is 7.28.